The van der Waals surface area contributed by atoms with Crippen molar-refractivity contribution in [1.82, 2.24) is 9.97 Å². The van der Waals surface area contributed by atoms with E-state index in [2.05, 4.69) is 39.5 Å². The third-order valence-electron chi connectivity index (χ3n) is 4.28. The summed E-state index contributed by atoms with van der Waals surface area (Å²) in [5, 5.41) is 3.36. The Morgan fingerprint density at radius 3 is 2.73 bits per heavy atom. The van der Waals surface area contributed by atoms with Crippen molar-refractivity contribution in [3.05, 3.63) is 66.4 Å². The number of nitrogens with one attached hydrogen (secondary N) is 1. The van der Waals surface area contributed by atoms with Crippen LogP contribution in [0.25, 0.3) is 0 Å². The summed E-state index contributed by atoms with van der Waals surface area (Å²) in [7, 11) is 0. The highest BCUT2D eigenvalue weighted by molar-refractivity contribution is 5.68. The number of fused-ring (bicyclic) bond motifs is 1. The van der Waals surface area contributed by atoms with Gasteiger partial charge in [-0.2, -0.15) is 4.98 Å². The zero-order valence-electron chi connectivity index (χ0n) is 15.0. The molecule has 1 aliphatic heterocycles. The average Bonchev–Trinajstić information content (AvgIpc) is 3.07. The molecule has 3 aromatic rings. The first kappa shape index (κ1) is 16.4. The van der Waals surface area contributed by atoms with Gasteiger partial charge in [0.1, 0.15) is 11.6 Å². The maximum absolute atomic E-state index is 5.88. The molecule has 2 aromatic carbocycles. The van der Waals surface area contributed by atoms with E-state index in [0.29, 0.717) is 5.95 Å². The van der Waals surface area contributed by atoms with Gasteiger partial charge in [-0.3, -0.25) is 0 Å². The van der Waals surface area contributed by atoms with Crippen molar-refractivity contribution in [2.75, 3.05) is 16.8 Å². The summed E-state index contributed by atoms with van der Waals surface area (Å²) < 4.78 is 5.88. The molecule has 4 rings (SSSR count). The van der Waals surface area contributed by atoms with E-state index < -0.39 is 0 Å². The standard InChI is InChI=1S/C21H22N4O/c1-15(2)26-19-10-6-4-8-17(19)23-20-11-13-22-21(24-20)25-14-12-16-7-3-5-9-18(16)25/h3-11,13,15H,12,14H2,1-2H3,(H,22,23,24). The molecule has 132 valence electrons. The van der Waals surface area contributed by atoms with Crippen LogP contribution in [0.2, 0.25) is 0 Å². The maximum atomic E-state index is 5.88. The number of aromatic nitrogens is 2. The molecule has 1 aromatic heterocycles. The first-order chi connectivity index (χ1) is 12.7. The Morgan fingerprint density at radius 1 is 1.04 bits per heavy atom. The van der Waals surface area contributed by atoms with Gasteiger partial charge >= 0.3 is 0 Å². The van der Waals surface area contributed by atoms with E-state index in [1.807, 2.05) is 44.2 Å². The molecule has 0 amide bonds. The highest BCUT2D eigenvalue weighted by Crippen LogP contribution is 2.33. The van der Waals surface area contributed by atoms with E-state index >= 15 is 0 Å². The molecule has 0 atom stereocenters. The third-order valence-corrected chi connectivity index (χ3v) is 4.28. The van der Waals surface area contributed by atoms with Gasteiger partial charge in [-0.05, 0) is 50.1 Å². The van der Waals surface area contributed by atoms with Crippen LogP contribution in [0.5, 0.6) is 5.75 Å². The van der Waals surface area contributed by atoms with Crippen LogP contribution >= 0.6 is 0 Å². The van der Waals surface area contributed by atoms with E-state index in [1.165, 1.54) is 11.3 Å². The molecule has 0 spiro atoms. The van der Waals surface area contributed by atoms with Crippen molar-refractivity contribution in [2.24, 2.45) is 0 Å². The van der Waals surface area contributed by atoms with Gasteiger partial charge in [-0.15, -0.1) is 0 Å². The zero-order chi connectivity index (χ0) is 17.9. The monoisotopic (exact) mass is 346 g/mol. The number of para-hydroxylation sites is 3. The molecule has 0 unspecified atom stereocenters. The fraction of sp³-hybridized carbons (Fsp3) is 0.238. The number of nitrogens with zero attached hydrogens (tertiary/aromatic N) is 3. The van der Waals surface area contributed by atoms with Crippen LogP contribution in [-0.2, 0) is 6.42 Å². The number of ether oxygens (including phenoxy) is 1. The second-order valence-corrected chi connectivity index (χ2v) is 6.56. The van der Waals surface area contributed by atoms with Gasteiger partial charge in [0.05, 0.1) is 11.8 Å². The van der Waals surface area contributed by atoms with Crippen molar-refractivity contribution >= 4 is 23.1 Å². The van der Waals surface area contributed by atoms with Crippen molar-refractivity contribution in [1.29, 1.82) is 0 Å². The van der Waals surface area contributed by atoms with Gasteiger partial charge < -0.3 is 15.0 Å². The van der Waals surface area contributed by atoms with Crippen LogP contribution in [0.1, 0.15) is 19.4 Å². The van der Waals surface area contributed by atoms with Crippen LogP contribution in [0.4, 0.5) is 23.1 Å². The minimum absolute atomic E-state index is 0.111. The molecule has 0 fully saturated rings. The van der Waals surface area contributed by atoms with E-state index in [-0.39, 0.29) is 6.10 Å². The average molecular weight is 346 g/mol. The molecule has 26 heavy (non-hydrogen) atoms. The number of hydrogen-bond acceptors (Lipinski definition) is 5. The third kappa shape index (κ3) is 3.33. The Balaban J connectivity index is 1.60. The molecule has 1 aliphatic rings. The highest BCUT2D eigenvalue weighted by atomic mass is 16.5. The topological polar surface area (TPSA) is 50.3 Å². The molecule has 2 heterocycles. The van der Waals surface area contributed by atoms with Gasteiger partial charge in [0, 0.05) is 18.4 Å². The lowest BCUT2D eigenvalue weighted by Gasteiger charge is -2.18. The maximum Gasteiger partial charge on any atom is 0.231 e. The van der Waals surface area contributed by atoms with E-state index in [0.717, 1.165) is 30.2 Å². The van der Waals surface area contributed by atoms with Gasteiger partial charge in [0.25, 0.3) is 0 Å². The Hall–Kier alpha value is -3.08. The number of anilines is 4. The van der Waals surface area contributed by atoms with Crippen LogP contribution in [0.15, 0.2) is 60.8 Å². The second kappa shape index (κ2) is 7.04. The fourth-order valence-corrected chi connectivity index (χ4v) is 3.16. The van der Waals surface area contributed by atoms with E-state index in [1.54, 1.807) is 6.20 Å². The van der Waals surface area contributed by atoms with Gasteiger partial charge in [0.2, 0.25) is 5.95 Å². The minimum atomic E-state index is 0.111. The molecule has 1 N–H and O–H groups in total. The molecular weight excluding hydrogens is 324 g/mol. The second-order valence-electron chi connectivity index (χ2n) is 6.56. The Kier molecular flexibility index (Phi) is 4.44. The van der Waals surface area contributed by atoms with Crippen molar-refractivity contribution in [3.63, 3.8) is 0 Å². The van der Waals surface area contributed by atoms with Crippen LogP contribution in [0.3, 0.4) is 0 Å². The lowest BCUT2D eigenvalue weighted by atomic mass is 10.2. The summed E-state index contributed by atoms with van der Waals surface area (Å²) in [6.07, 6.45) is 2.92. The van der Waals surface area contributed by atoms with Crippen molar-refractivity contribution in [2.45, 2.75) is 26.4 Å². The first-order valence-electron chi connectivity index (χ1n) is 8.92. The number of benzene rings is 2. The van der Waals surface area contributed by atoms with Crippen LogP contribution in [0, 0.1) is 0 Å². The zero-order valence-corrected chi connectivity index (χ0v) is 15.0. The van der Waals surface area contributed by atoms with E-state index in [9.17, 15) is 0 Å². The summed E-state index contributed by atoms with van der Waals surface area (Å²) in [5.74, 6) is 2.27. The van der Waals surface area contributed by atoms with Crippen LogP contribution < -0.4 is 15.0 Å². The SMILES string of the molecule is CC(C)Oc1ccccc1Nc1ccnc(N2CCc3ccccc32)n1. The quantitative estimate of drug-likeness (QED) is 0.725. The highest BCUT2D eigenvalue weighted by Gasteiger charge is 2.22. The smallest absolute Gasteiger partial charge is 0.231 e. The lowest BCUT2D eigenvalue weighted by molar-refractivity contribution is 0.244. The molecule has 0 radical (unpaired) electrons. The Labute approximate surface area is 153 Å². The molecule has 5 nitrogen and oxygen atoms in total. The van der Waals surface area contributed by atoms with Crippen molar-refractivity contribution in [3.8, 4) is 5.75 Å². The number of hydrogen-bond donors (Lipinski definition) is 1. The first-order valence-corrected chi connectivity index (χ1v) is 8.92. The van der Waals surface area contributed by atoms with Gasteiger partial charge in [-0.25, -0.2) is 4.98 Å². The van der Waals surface area contributed by atoms with Crippen molar-refractivity contribution < 1.29 is 4.74 Å². The fourth-order valence-electron chi connectivity index (χ4n) is 3.16. The molecule has 0 aliphatic carbocycles. The molecular formula is C21H22N4O. The molecule has 0 bridgehead atoms. The summed E-state index contributed by atoms with van der Waals surface area (Å²) in [6.45, 7) is 4.94. The largest absolute Gasteiger partial charge is 0.489 e. The Morgan fingerprint density at radius 2 is 1.85 bits per heavy atom. The summed E-state index contributed by atoms with van der Waals surface area (Å²) >= 11 is 0. The summed E-state index contributed by atoms with van der Waals surface area (Å²) in [6, 6.07) is 18.2. The lowest BCUT2D eigenvalue weighted by Crippen LogP contribution is -2.16. The summed E-state index contributed by atoms with van der Waals surface area (Å²) in [5.41, 5.74) is 3.42. The van der Waals surface area contributed by atoms with Gasteiger partial charge in [0.15, 0.2) is 0 Å². The predicted molar refractivity (Wildman–Crippen MR) is 105 cm³/mol. The molecule has 5 heteroatoms. The predicted octanol–water partition coefficient (Wildman–Crippen LogP) is 4.70. The van der Waals surface area contributed by atoms with Gasteiger partial charge in [-0.1, -0.05) is 30.3 Å². The minimum Gasteiger partial charge on any atom is -0.489 e. The summed E-state index contributed by atoms with van der Waals surface area (Å²) in [4.78, 5) is 11.4. The molecule has 0 saturated heterocycles. The van der Waals surface area contributed by atoms with E-state index in [4.69, 9.17) is 9.72 Å². The Bertz CT molecular complexity index is 910. The molecule has 0 saturated carbocycles. The van der Waals surface area contributed by atoms with Crippen LogP contribution in [-0.4, -0.2) is 22.6 Å². The normalized spacial score (nSPS) is 13.0. The number of rotatable bonds is 5.